The zero-order valence-electron chi connectivity index (χ0n) is 12.2. The van der Waals surface area contributed by atoms with E-state index in [4.69, 9.17) is 0 Å². The number of hydrogen-bond donors (Lipinski definition) is 1. The molecule has 0 fully saturated rings. The molecule has 0 unspecified atom stereocenters. The molecule has 0 spiro atoms. The molecule has 0 saturated carbocycles. The molecule has 1 heterocycles. The van der Waals surface area contributed by atoms with E-state index in [9.17, 15) is 5.11 Å². The lowest BCUT2D eigenvalue weighted by Crippen LogP contribution is -2.07. The predicted octanol–water partition coefficient (Wildman–Crippen LogP) is 3.72. The van der Waals surface area contributed by atoms with E-state index in [2.05, 4.69) is 39.9 Å². The maximum atomic E-state index is 9.94. The van der Waals surface area contributed by atoms with Crippen molar-refractivity contribution in [1.82, 2.24) is 9.55 Å². The first-order valence-corrected chi connectivity index (χ1v) is 7.43. The first-order chi connectivity index (χ1) is 10.3. The fraction of sp³-hybridized carbons (Fsp3) is 0.278. The van der Waals surface area contributed by atoms with Gasteiger partial charge in [0.1, 0.15) is 11.9 Å². The van der Waals surface area contributed by atoms with Gasteiger partial charge >= 0.3 is 0 Å². The molecule has 3 aromatic rings. The van der Waals surface area contributed by atoms with Crippen molar-refractivity contribution in [2.75, 3.05) is 0 Å². The van der Waals surface area contributed by atoms with Crippen molar-refractivity contribution in [1.29, 1.82) is 0 Å². The second-order valence-electron chi connectivity index (χ2n) is 5.38. The number of aromatic nitrogens is 2. The van der Waals surface area contributed by atoms with Crippen molar-refractivity contribution in [2.45, 2.75) is 32.4 Å². The molecule has 21 heavy (non-hydrogen) atoms. The van der Waals surface area contributed by atoms with Crippen molar-refractivity contribution < 1.29 is 5.11 Å². The van der Waals surface area contributed by atoms with Crippen LogP contribution in [0.2, 0.25) is 0 Å². The summed E-state index contributed by atoms with van der Waals surface area (Å²) in [5, 5.41) is 9.94. The number of rotatable bonds is 5. The molecule has 1 aromatic heterocycles. The number of aryl methyl sites for hydroxylation is 2. The summed E-state index contributed by atoms with van der Waals surface area (Å²) in [7, 11) is 0. The third-order valence-electron chi connectivity index (χ3n) is 3.75. The lowest BCUT2D eigenvalue weighted by atomic mass is 10.1. The van der Waals surface area contributed by atoms with Crippen LogP contribution >= 0.6 is 0 Å². The van der Waals surface area contributed by atoms with E-state index in [1.54, 1.807) is 6.92 Å². The number of hydrogen-bond acceptors (Lipinski definition) is 2. The maximum Gasteiger partial charge on any atom is 0.138 e. The summed E-state index contributed by atoms with van der Waals surface area (Å²) in [6.45, 7) is 2.64. The number of fused-ring (bicyclic) bond motifs is 1. The number of aliphatic hydroxyl groups excluding tert-OH is 1. The highest BCUT2D eigenvalue weighted by Gasteiger charge is 2.13. The number of nitrogens with zero attached hydrogens (tertiary/aromatic N) is 2. The van der Waals surface area contributed by atoms with Gasteiger partial charge in [0.25, 0.3) is 0 Å². The maximum absolute atomic E-state index is 9.94. The normalized spacial score (nSPS) is 12.7. The highest BCUT2D eigenvalue weighted by Crippen LogP contribution is 2.21. The molecule has 0 aliphatic rings. The Morgan fingerprint density at radius 2 is 1.76 bits per heavy atom. The van der Waals surface area contributed by atoms with Crippen molar-refractivity contribution in [2.24, 2.45) is 0 Å². The van der Waals surface area contributed by atoms with Gasteiger partial charge in [0, 0.05) is 6.54 Å². The zero-order valence-corrected chi connectivity index (χ0v) is 12.2. The Balaban J connectivity index is 1.81. The predicted molar refractivity (Wildman–Crippen MR) is 85.1 cm³/mol. The molecule has 2 aromatic carbocycles. The van der Waals surface area contributed by atoms with Gasteiger partial charge in [-0.15, -0.1) is 0 Å². The van der Waals surface area contributed by atoms with Gasteiger partial charge < -0.3 is 9.67 Å². The largest absolute Gasteiger partial charge is 0.385 e. The minimum Gasteiger partial charge on any atom is -0.385 e. The number of imidazole rings is 1. The van der Waals surface area contributed by atoms with Crippen LogP contribution in [0.1, 0.15) is 30.8 Å². The Kier molecular flexibility index (Phi) is 4.02. The number of benzene rings is 2. The summed E-state index contributed by atoms with van der Waals surface area (Å²) in [5.74, 6) is 0.754. The summed E-state index contributed by atoms with van der Waals surface area (Å²) in [4.78, 5) is 4.55. The van der Waals surface area contributed by atoms with Crippen LogP contribution < -0.4 is 0 Å². The van der Waals surface area contributed by atoms with Gasteiger partial charge in [0.05, 0.1) is 11.0 Å². The van der Waals surface area contributed by atoms with Gasteiger partial charge in [-0.25, -0.2) is 4.98 Å². The molecule has 3 rings (SSSR count). The molecule has 3 nitrogen and oxygen atoms in total. The Morgan fingerprint density at radius 1 is 1.05 bits per heavy atom. The first kappa shape index (κ1) is 13.8. The lowest BCUT2D eigenvalue weighted by molar-refractivity contribution is 0.184. The van der Waals surface area contributed by atoms with E-state index >= 15 is 0 Å². The van der Waals surface area contributed by atoms with Crippen molar-refractivity contribution in [3.8, 4) is 0 Å². The molecule has 0 amide bonds. The zero-order chi connectivity index (χ0) is 14.7. The molecular formula is C18H20N2O. The Morgan fingerprint density at radius 3 is 2.52 bits per heavy atom. The van der Waals surface area contributed by atoms with Gasteiger partial charge in [-0.1, -0.05) is 42.5 Å². The van der Waals surface area contributed by atoms with Crippen LogP contribution in [0.25, 0.3) is 11.0 Å². The van der Waals surface area contributed by atoms with Gasteiger partial charge in [-0.3, -0.25) is 0 Å². The van der Waals surface area contributed by atoms with Crippen LogP contribution in [0.4, 0.5) is 0 Å². The quantitative estimate of drug-likeness (QED) is 0.773. The van der Waals surface area contributed by atoms with Crippen LogP contribution in [-0.4, -0.2) is 14.7 Å². The summed E-state index contributed by atoms with van der Waals surface area (Å²) in [5.41, 5.74) is 3.40. The second kappa shape index (κ2) is 6.10. The molecule has 0 radical (unpaired) electrons. The Bertz CT molecular complexity index is 716. The topological polar surface area (TPSA) is 38.1 Å². The molecule has 1 atom stereocenters. The first-order valence-electron chi connectivity index (χ1n) is 7.43. The Labute approximate surface area is 124 Å². The van der Waals surface area contributed by atoms with Crippen LogP contribution in [-0.2, 0) is 13.0 Å². The van der Waals surface area contributed by atoms with E-state index in [1.807, 2.05) is 24.3 Å². The average Bonchev–Trinajstić information content (AvgIpc) is 2.88. The molecule has 0 bridgehead atoms. The molecular weight excluding hydrogens is 260 g/mol. The third kappa shape index (κ3) is 2.98. The Hall–Kier alpha value is -2.13. The summed E-state index contributed by atoms with van der Waals surface area (Å²) >= 11 is 0. The molecule has 1 N–H and O–H groups in total. The number of para-hydroxylation sites is 2. The molecule has 0 aliphatic heterocycles. The summed E-state index contributed by atoms with van der Waals surface area (Å²) in [6, 6.07) is 18.6. The van der Waals surface area contributed by atoms with E-state index in [-0.39, 0.29) is 0 Å². The molecule has 0 saturated heterocycles. The molecule has 108 valence electrons. The van der Waals surface area contributed by atoms with E-state index in [0.29, 0.717) is 0 Å². The van der Waals surface area contributed by atoms with Crippen molar-refractivity contribution >= 4 is 11.0 Å². The van der Waals surface area contributed by atoms with Crippen LogP contribution in [0.5, 0.6) is 0 Å². The minimum atomic E-state index is -0.547. The summed E-state index contributed by atoms with van der Waals surface area (Å²) < 4.78 is 2.14. The van der Waals surface area contributed by atoms with E-state index in [0.717, 1.165) is 36.2 Å². The fourth-order valence-electron chi connectivity index (χ4n) is 2.73. The monoisotopic (exact) mass is 280 g/mol. The minimum absolute atomic E-state index is 0.547. The third-order valence-corrected chi connectivity index (χ3v) is 3.75. The van der Waals surface area contributed by atoms with Crippen LogP contribution in [0.15, 0.2) is 54.6 Å². The van der Waals surface area contributed by atoms with Gasteiger partial charge in [-0.2, -0.15) is 0 Å². The highest BCUT2D eigenvalue weighted by molar-refractivity contribution is 5.75. The fourth-order valence-corrected chi connectivity index (χ4v) is 2.73. The molecule has 3 heteroatoms. The standard InChI is InChI=1S/C18H20N2O/c1-14(21)18-19-16-11-5-6-12-17(16)20(18)13-7-10-15-8-3-2-4-9-15/h2-6,8-9,11-12,14,21H,7,10,13H2,1H3/t14-/m0/s1. The SMILES string of the molecule is C[C@H](O)c1nc2ccccc2n1CCCc1ccccc1. The van der Waals surface area contributed by atoms with E-state index < -0.39 is 6.10 Å². The summed E-state index contributed by atoms with van der Waals surface area (Å²) in [6.07, 6.45) is 1.52. The van der Waals surface area contributed by atoms with Crippen molar-refractivity contribution in [3.63, 3.8) is 0 Å². The van der Waals surface area contributed by atoms with E-state index in [1.165, 1.54) is 5.56 Å². The van der Waals surface area contributed by atoms with Crippen LogP contribution in [0.3, 0.4) is 0 Å². The van der Waals surface area contributed by atoms with Gasteiger partial charge in [-0.05, 0) is 37.5 Å². The average molecular weight is 280 g/mol. The van der Waals surface area contributed by atoms with Crippen LogP contribution in [0, 0.1) is 0 Å². The number of aliphatic hydroxyl groups is 1. The lowest BCUT2D eigenvalue weighted by Gasteiger charge is -2.11. The second-order valence-corrected chi connectivity index (χ2v) is 5.38. The highest BCUT2D eigenvalue weighted by atomic mass is 16.3. The van der Waals surface area contributed by atoms with Gasteiger partial charge in [0.2, 0.25) is 0 Å². The van der Waals surface area contributed by atoms with Gasteiger partial charge in [0.15, 0.2) is 0 Å². The van der Waals surface area contributed by atoms with Crippen molar-refractivity contribution in [3.05, 3.63) is 66.0 Å². The smallest absolute Gasteiger partial charge is 0.138 e. The molecule has 0 aliphatic carbocycles.